The van der Waals surface area contributed by atoms with Gasteiger partial charge >= 0.3 is 0 Å². The van der Waals surface area contributed by atoms with Crippen molar-refractivity contribution < 1.29 is 0 Å². The summed E-state index contributed by atoms with van der Waals surface area (Å²) in [5, 5.41) is 0. The Labute approximate surface area is 422 Å². The molecule has 30 heteroatoms. The largest absolute Gasteiger partial charge is 0.190 e. The average molecular weight is 1280 g/mol. The first-order chi connectivity index (χ1) is 20.1. The molecule has 0 bridgehead atoms. The van der Waals surface area contributed by atoms with Crippen LogP contribution in [0.3, 0.4) is 0 Å². The van der Waals surface area contributed by atoms with E-state index in [4.69, 9.17) is 348 Å². The predicted molar refractivity (Wildman–Crippen MR) is 241 cm³/mol. The summed E-state index contributed by atoms with van der Waals surface area (Å²) in [5.41, 5.74) is 0. The van der Waals surface area contributed by atoms with Crippen molar-refractivity contribution in [1.82, 2.24) is 0 Å². The van der Waals surface area contributed by atoms with Crippen LogP contribution >= 0.6 is 348 Å². The van der Waals surface area contributed by atoms with E-state index in [-0.39, 0.29) is 0 Å². The van der Waals surface area contributed by atoms with Crippen LogP contribution in [-0.4, -0.2) is 42.5 Å². The number of unbranched alkanes of at least 4 members (excludes halogenated alkanes) is 3. The zero-order chi connectivity index (χ0) is 40.2. The van der Waals surface area contributed by atoms with Crippen molar-refractivity contribution in [1.29, 1.82) is 0 Å². The van der Waals surface area contributed by atoms with Crippen molar-refractivity contribution in [3.63, 3.8) is 0 Å². The predicted octanol–water partition coefficient (Wildman–Crippen LogP) is 22.2. The highest BCUT2D eigenvalue weighted by atomic mass is 35.6. The second-order valence-electron chi connectivity index (χ2n) is 4.65. The highest BCUT2D eigenvalue weighted by Crippen LogP contribution is 2.32. The first kappa shape index (κ1) is 78.9. The molecule has 0 heterocycles. The second kappa shape index (κ2) is 68.4. The van der Waals surface area contributed by atoms with Crippen molar-refractivity contribution in [2.45, 2.75) is 81.5 Å². The van der Waals surface area contributed by atoms with E-state index in [0.29, 0.717) is 6.42 Å². The molecule has 0 rings (SSSR count). The van der Waals surface area contributed by atoms with Crippen molar-refractivity contribution in [2.75, 3.05) is 0 Å². The van der Waals surface area contributed by atoms with Crippen LogP contribution in [0.15, 0.2) is 0 Å². The second-order valence-corrected chi connectivity index (χ2v) is 25.0. The Morgan fingerprint density at radius 3 is 0.500 bits per heavy atom. The minimum absolute atomic E-state index is 0.678. The third-order valence-electron chi connectivity index (χ3n) is 1.31. The molecule has 0 saturated carbocycles. The quantitative estimate of drug-likeness (QED) is 0.194. The monoisotopic (exact) mass is 1260 g/mol. The number of hydrogen-bond donors (Lipinski definition) is 0. The zero-order valence-corrected chi connectivity index (χ0v) is 44.2. The molecular formula is C16H22Cl30. The maximum absolute atomic E-state index is 5.54. The van der Waals surface area contributed by atoms with Crippen LogP contribution in [0.4, 0.5) is 0 Å². The Bertz CT molecular complexity index is 304. The molecule has 46 heavy (non-hydrogen) atoms. The Balaban J connectivity index is -0.0000000402. The molecule has 0 aromatic carbocycles. The average Bonchev–Trinajstić information content (AvgIpc) is 2.67. The summed E-state index contributed by atoms with van der Waals surface area (Å²) < 4.78 is -7.78. The van der Waals surface area contributed by atoms with Crippen molar-refractivity contribution in [3.8, 4) is 0 Å². The first-order valence-electron chi connectivity index (χ1n) is 9.52. The number of halogens is 30. The maximum Gasteiger partial charge on any atom is 0.190 e. The lowest BCUT2D eigenvalue weighted by Crippen LogP contribution is -2.00. The molecule has 0 aromatic rings. The molecule has 0 atom stereocenters. The molecule has 0 nitrogen and oxygen atoms in total. The Hall–Kier alpha value is 8.70. The van der Waals surface area contributed by atoms with Gasteiger partial charge in [-0.05, 0) is 12.8 Å². The fourth-order valence-corrected chi connectivity index (χ4v) is 1.15. The van der Waals surface area contributed by atoms with Crippen LogP contribution in [0.25, 0.3) is 0 Å². The molecule has 0 aliphatic carbocycles. The highest BCUT2D eigenvalue weighted by molar-refractivity contribution is 6.68. The lowest BCUT2D eigenvalue weighted by molar-refractivity contribution is 0.639. The molecule has 0 aliphatic heterocycles. The minimum Gasteiger partial charge on any atom is -0.0874 e. The zero-order valence-electron chi connectivity index (χ0n) is 21.6. The van der Waals surface area contributed by atoms with Gasteiger partial charge in [0.2, 0.25) is 0 Å². The molecular weight excluding hydrogens is 1260 g/mol. The van der Waals surface area contributed by atoms with Crippen LogP contribution in [0.2, 0.25) is 0 Å². The molecule has 0 saturated heterocycles. The summed E-state index contributed by atoms with van der Waals surface area (Å²) in [7, 11) is 0. The smallest absolute Gasteiger partial charge is 0.0874 e. The van der Waals surface area contributed by atoms with E-state index in [1.807, 2.05) is 0 Å². The first-order valence-corrected chi connectivity index (χ1v) is 22.4. The highest BCUT2D eigenvalue weighted by Gasteiger charge is 2.17. The lowest BCUT2D eigenvalue weighted by Gasteiger charge is -2.08. The van der Waals surface area contributed by atoms with E-state index >= 15 is 0 Å². The van der Waals surface area contributed by atoms with Crippen molar-refractivity contribution >= 4 is 348 Å². The summed E-state index contributed by atoms with van der Waals surface area (Å²) in [6.45, 7) is 2.16. The molecule has 0 unspecified atom stereocenters. The fourth-order valence-electron chi connectivity index (χ4n) is 0.752. The SMILES string of the molecule is CCCCCCC(Cl)(Cl)Cl.ClC(Cl)Cl.ClC(Cl)Cl.ClC(Cl)Cl.ClC(Cl)Cl.ClC(Cl)Cl.ClC(Cl)Cl.ClC(Cl)Cl.ClC(Cl)Cl.ClC(Cl)Cl. The van der Waals surface area contributed by atoms with E-state index in [1.165, 1.54) is 19.3 Å². The van der Waals surface area contributed by atoms with Gasteiger partial charge in [-0.3, -0.25) is 0 Å². The molecule has 0 amide bonds. The van der Waals surface area contributed by atoms with Crippen LogP contribution < -0.4 is 0 Å². The van der Waals surface area contributed by atoms with E-state index in [0.717, 1.165) is 6.42 Å². The Morgan fingerprint density at radius 2 is 0.413 bits per heavy atom. The summed E-state index contributed by atoms with van der Waals surface area (Å²) in [6, 6.07) is 0. The summed E-state index contributed by atoms with van der Waals surface area (Å²) in [5.74, 6) is 0. The van der Waals surface area contributed by atoms with Gasteiger partial charge in [-0.1, -0.05) is 374 Å². The van der Waals surface area contributed by atoms with Gasteiger partial charge in [0.1, 0.15) is 0 Å². The Morgan fingerprint density at radius 1 is 0.283 bits per heavy atom. The topological polar surface area (TPSA) is 0 Å². The van der Waals surface area contributed by atoms with E-state index in [9.17, 15) is 0 Å². The van der Waals surface area contributed by atoms with Gasteiger partial charge in [-0.2, -0.15) is 0 Å². The van der Waals surface area contributed by atoms with E-state index < -0.39 is 42.5 Å². The maximum atomic E-state index is 5.54. The van der Waals surface area contributed by atoms with Gasteiger partial charge in [-0.15, -0.1) is 0 Å². The third kappa shape index (κ3) is 571. The van der Waals surface area contributed by atoms with Crippen LogP contribution in [0.5, 0.6) is 0 Å². The normalized spacial score (nSPS) is 9.65. The van der Waals surface area contributed by atoms with Crippen LogP contribution in [0.1, 0.15) is 39.0 Å². The molecule has 0 aromatic heterocycles. The van der Waals surface area contributed by atoms with E-state index in [1.54, 1.807) is 0 Å². The van der Waals surface area contributed by atoms with Crippen LogP contribution in [0, 0.1) is 0 Å². The minimum atomic E-state index is -1.03. The summed E-state index contributed by atoms with van der Waals surface area (Å²) in [6.07, 6.45) is 5.33. The van der Waals surface area contributed by atoms with E-state index in [2.05, 4.69) is 6.92 Å². The van der Waals surface area contributed by atoms with Crippen molar-refractivity contribution in [2.24, 2.45) is 0 Å². The molecule has 0 fully saturated rings. The summed E-state index contributed by atoms with van der Waals surface area (Å²) >= 11 is 146. The van der Waals surface area contributed by atoms with Gasteiger partial charge in [-0.25, -0.2) is 0 Å². The van der Waals surface area contributed by atoms with Crippen molar-refractivity contribution in [3.05, 3.63) is 0 Å². The van der Waals surface area contributed by atoms with Gasteiger partial charge in [0.25, 0.3) is 0 Å². The molecule has 296 valence electrons. The van der Waals surface area contributed by atoms with Crippen LogP contribution in [-0.2, 0) is 0 Å². The fraction of sp³-hybridized carbons (Fsp3) is 1.00. The number of hydrogen-bond acceptors (Lipinski definition) is 0. The molecule has 0 radical (unpaired) electrons. The molecule has 0 spiro atoms. The van der Waals surface area contributed by atoms with Gasteiger partial charge in [0.15, 0.2) is 42.5 Å². The molecule has 0 aliphatic rings. The third-order valence-corrected chi connectivity index (χ3v) is 1.88. The van der Waals surface area contributed by atoms with Gasteiger partial charge in [0.05, 0.1) is 0 Å². The Kier molecular flexibility index (Phi) is 117. The summed E-state index contributed by atoms with van der Waals surface area (Å²) in [4.78, 5) is 0. The lowest BCUT2D eigenvalue weighted by atomic mass is 10.2. The standard InChI is InChI=1S/C7H13Cl3.9CHCl3/c1-2-3-4-5-6-7(8,9)10;9*2-1(3)4/h2-6H2,1H3;9*1H. The number of alkyl halides is 30. The van der Waals surface area contributed by atoms with Gasteiger partial charge < -0.3 is 0 Å². The number of rotatable bonds is 4. The van der Waals surface area contributed by atoms with Gasteiger partial charge in [0, 0.05) is 0 Å². The molecule has 0 N–H and O–H groups in total.